The van der Waals surface area contributed by atoms with Crippen LogP contribution in [-0.4, -0.2) is 23.1 Å². The van der Waals surface area contributed by atoms with E-state index in [4.69, 9.17) is 18.9 Å². The summed E-state index contributed by atoms with van der Waals surface area (Å²) in [6.07, 6.45) is 0. The Hall–Kier alpha value is 0.120. The molecule has 0 aromatic carbocycles. The zero-order valence-corrected chi connectivity index (χ0v) is 8.39. The van der Waals surface area contributed by atoms with Crippen LogP contribution in [0.2, 0.25) is 0 Å². The molecule has 0 heterocycles. The van der Waals surface area contributed by atoms with Crippen molar-refractivity contribution < 1.29 is 18.9 Å². The molecule has 0 bridgehead atoms. The van der Waals surface area contributed by atoms with E-state index in [1.165, 1.54) is 13.3 Å². The minimum atomic E-state index is -1.87. The highest BCUT2D eigenvalue weighted by Crippen LogP contribution is 2.00. The summed E-state index contributed by atoms with van der Waals surface area (Å²) in [5.41, 5.74) is 0. The molecule has 0 aromatic rings. The highest BCUT2D eigenvalue weighted by Gasteiger charge is 1.86. The van der Waals surface area contributed by atoms with Crippen molar-refractivity contribution in [2.45, 2.75) is 13.8 Å². The maximum Gasteiger partial charge on any atom is 0.502 e. The van der Waals surface area contributed by atoms with Gasteiger partial charge in [0, 0.05) is 0 Å². The van der Waals surface area contributed by atoms with Crippen molar-refractivity contribution in [1.82, 2.24) is 0 Å². The molecule has 0 saturated carbocycles. The standard InChI is InChI=1S/C2H6.2CH3O2P/c1-2;2*1-4(2)3/h1-2H3;2*1H3/p+2. The van der Waals surface area contributed by atoms with E-state index in [1.54, 1.807) is 0 Å². The van der Waals surface area contributed by atoms with E-state index in [1.807, 2.05) is 13.8 Å². The number of rotatable bonds is 0. The normalized spacial score (nSPS) is 9.40. The zero-order chi connectivity index (χ0) is 9.15. The van der Waals surface area contributed by atoms with E-state index in [2.05, 4.69) is 0 Å². The topological polar surface area (TPSA) is 74.6 Å². The van der Waals surface area contributed by atoms with Crippen LogP contribution in [0.15, 0.2) is 0 Å². The van der Waals surface area contributed by atoms with Gasteiger partial charge in [0.05, 0.1) is 0 Å². The SMILES string of the molecule is CC.C[P+](=O)O.C[P+](=O)O. The van der Waals surface area contributed by atoms with E-state index >= 15 is 0 Å². The Morgan fingerprint density at radius 3 is 0.900 bits per heavy atom. The lowest BCUT2D eigenvalue weighted by molar-refractivity contribution is 0.508. The van der Waals surface area contributed by atoms with Crippen molar-refractivity contribution in [3.05, 3.63) is 0 Å². The van der Waals surface area contributed by atoms with Crippen molar-refractivity contribution in [2.75, 3.05) is 13.3 Å². The molecule has 0 saturated heterocycles. The molecule has 0 aliphatic rings. The summed E-state index contributed by atoms with van der Waals surface area (Å²) < 4.78 is 18.3. The van der Waals surface area contributed by atoms with Gasteiger partial charge in [0.15, 0.2) is 13.3 Å². The summed E-state index contributed by atoms with van der Waals surface area (Å²) >= 11 is 0. The van der Waals surface area contributed by atoms with Crippen LogP contribution < -0.4 is 0 Å². The molecule has 2 atom stereocenters. The zero-order valence-electron chi connectivity index (χ0n) is 6.61. The first-order valence-corrected chi connectivity index (χ1v) is 5.98. The fraction of sp³-hybridized carbons (Fsp3) is 1.00. The molecule has 0 spiro atoms. The predicted molar refractivity (Wildman–Crippen MR) is 42.8 cm³/mol. The molecule has 10 heavy (non-hydrogen) atoms. The average Bonchev–Trinajstić information content (AvgIpc) is 1.66. The second-order valence-corrected chi connectivity index (χ2v) is 2.79. The molecule has 0 amide bonds. The van der Waals surface area contributed by atoms with Gasteiger partial charge in [-0.15, -0.1) is 0 Å². The Morgan fingerprint density at radius 1 is 0.900 bits per heavy atom. The van der Waals surface area contributed by atoms with Gasteiger partial charge in [-0.25, -0.2) is 0 Å². The minimum Gasteiger partial charge on any atom is -0.161 e. The molecular weight excluding hydrogens is 174 g/mol. The van der Waals surface area contributed by atoms with Crippen LogP contribution in [0, 0.1) is 0 Å². The van der Waals surface area contributed by atoms with Gasteiger partial charge < -0.3 is 0 Å². The van der Waals surface area contributed by atoms with Crippen LogP contribution in [0.25, 0.3) is 0 Å². The summed E-state index contributed by atoms with van der Waals surface area (Å²) in [5, 5.41) is 0. The summed E-state index contributed by atoms with van der Waals surface area (Å²) in [6, 6.07) is 0. The average molecular weight is 188 g/mol. The van der Waals surface area contributed by atoms with Crippen molar-refractivity contribution >= 4 is 16.1 Å². The third-order valence-corrected chi connectivity index (χ3v) is 0. The van der Waals surface area contributed by atoms with Crippen LogP contribution in [0.4, 0.5) is 0 Å². The lowest BCUT2D eigenvalue weighted by atomic mass is 11.0. The van der Waals surface area contributed by atoms with E-state index in [0.717, 1.165) is 0 Å². The highest BCUT2D eigenvalue weighted by atomic mass is 31.1. The fourth-order valence-corrected chi connectivity index (χ4v) is 0. The second kappa shape index (κ2) is 16.1. The first-order chi connectivity index (χ1) is 4.46. The Kier molecular flexibility index (Phi) is 26.7. The van der Waals surface area contributed by atoms with Crippen LogP contribution in [0.3, 0.4) is 0 Å². The predicted octanol–water partition coefficient (Wildman–Crippen LogP) is 1.73. The number of hydrogen-bond acceptors (Lipinski definition) is 2. The minimum absolute atomic E-state index is 1.23. The smallest absolute Gasteiger partial charge is 0.161 e. The van der Waals surface area contributed by atoms with Gasteiger partial charge in [-0.3, -0.25) is 0 Å². The van der Waals surface area contributed by atoms with Crippen LogP contribution in [-0.2, 0) is 9.13 Å². The molecule has 2 unspecified atom stereocenters. The lowest BCUT2D eigenvalue weighted by Crippen LogP contribution is -1.35. The Morgan fingerprint density at radius 2 is 0.900 bits per heavy atom. The van der Waals surface area contributed by atoms with Gasteiger partial charge in [0.1, 0.15) is 0 Å². The van der Waals surface area contributed by atoms with E-state index in [-0.39, 0.29) is 0 Å². The second-order valence-electron chi connectivity index (χ2n) is 0.928. The van der Waals surface area contributed by atoms with E-state index in [0.29, 0.717) is 0 Å². The van der Waals surface area contributed by atoms with Gasteiger partial charge in [-0.1, -0.05) is 13.8 Å². The third-order valence-electron chi connectivity index (χ3n) is 0. The molecule has 0 radical (unpaired) electrons. The summed E-state index contributed by atoms with van der Waals surface area (Å²) in [6.45, 7) is 6.46. The van der Waals surface area contributed by atoms with Crippen molar-refractivity contribution in [3.8, 4) is 0 Å². The monoisotopic (exact) mass is 188 g/mol. The first kappa shape index (κ1) is 16.6. The highest BCUT2D eigenvalue weighted by molar-refractivity contribution is 7.37. The lowest BCUT2D eigenvalue weighted by Gasteiger charge is -1.36. The van der Waals surface area contributed by atoms with Gasteiger partial charge in [0.25, 0.3) is 0 Å². The van der Waals surface area contributed by atoms with Crippen LogP contribution in [0.1, 0.15) is 13.8 Å². The molecule has 6 heteroatoms. The van der Waals surface area contributed by atoms with Crippen LogP contribution in [0.5, 0.6) is 0 Å². The molecule has 0 rings (SSSR count). The Bertz CT molecular complexity index is 73.3. The van der Waals surface area contributed by atoms with Crippen molar-refractivity contribution in [1.29, 1.82) is 0 Å². The maximum atomic E-state index is 9.15. The van der Waals surface area contributed by atoms with E-state index < -0.39 is 16.1 Å². The third kappa shape index (κ3) is 28600. The molecule has 0 aromatic heterocycles. The molecule has 0 aliphatic heterocycles. The van der Waals surface area contributed by atoms with Gasteiger partial charge in [-0.05, 0) is 9.13 Å². The quantitative estimate of drug-likeness (QED) is 0.567. The summed E-state index contributed by atoms with van der Waals surface area (Å²) in [7, 11) is -3.74. The van der Waals surface area contributed by atoms with Crippen LogP contribution >= 0.6 is 16.1 Å². The van der Waals surface area contributed by atoms with Gasteiger partial charge in [0.2, 0.25) is 0 Å². The molecule has 4 nitrogen and oxygen atoms in total. The Labute approximate surface area is 63.0 Å². The molecular formula is C4H14O4P2+2. The largest absolute Gasteiger partial charge is 0.502 e. The van der Waals surface area contributed by atoms with Gasteiger partial charge in [-0.2, -0.15) is 9.79 Å². The van der Waals surface area contributed by atoms with Crippen molar-refractivity contribution in [2.24, 2.45) is 0 Å². The summed E-state index contributed by atoms with van der Waals surface area (Å²) in [5.74, 6) is 0. The van der Waals surface area contributed by atoms with Crippen molar-refractivity contribution in [3.63, 3.8) is 0 Å². The molecule has 0 fully saturated rings. The molecule has 0 aliphatic carbocycles. The Balaban J connectivity index is -0.0000000787. The maximum absolute atomic E-state index is 9.15. The fourth-order valence-electron chi connectivity index (χ4n) is 0. The molecule has 2 N–H and O–H groups in total. The number of hydrogen-bond donors (Lipinski definition) is 2. The summed E-state index contributed by atoms with van der Waals surface area (Å²) in [4.78, 5) is 15.1. The molecule has 62 valence electrons. The van der Waals surface area contributed by atoms with Gasteiger partial charge >= 0.3 is 16.1 Å². The van der Waals surface area contributed by atoms with E-state index in [9.17, 15) is 0 Å². The first-order valence-electron chi connectivity index (χ1n) is 2.66.